The van der Waals surface area contributed by atoms with Gasteiger partial charge in [0.1, 0.15) is 13.2 Å². The second kappa shape index (κ2) is 8.80. The van der Waals surface area contributed by atoms with E-state index in [-0.39, 0.29) is 18.3 Å². The van der Waals surface area contributed by atoms with Crippen LogP contribution in [0.25, 0.3) is 10.2 Å². The third kappa shape index (κ3) is 4.86. The van der Waals surface area contributed by atoms with Gasteiger partial charge in [0.25, 0.3) is 0 Å². The van der Waals surface area contributed by atoms with Gasteiger partial charge in [0.15, 0.2) is 21.0 Å². The van der Waals surface area contributed by atoms with Gasteiger partial charge in [-0.1, -0.05) is 34.4 Å². The normalized spacial score (nSPS) is 12.6. The highest BCUT2D eigenvalue weighted by molar-refractivity contribution is 8.01. The van der Waals surface area contributed by atoms with E-state index < -0.39 is 6.09 Å². The topological polar surface area (TPSA) is 125 Å². The molecule has 4 rings (SSSR count). The quantitative estimate of drug-likeness (QED) is 0.427. The molecular formula is C16H15N5O5S3. The standard InChI is InChI=1S/C16H15N5O5S3/c1-2-24-15(23)19-14-20-21-16(29-14)27-7-12(22)18-13-17-8-5-9-10(6-11(8)28-13)26-4-3-25-9/h5-6H,2-4,7H2,1H3,(H,17,18,22)(H,19,20,23). The maximum Gasteiger partial charge on any atom is 0.413 e. The first-order valence-electron chi connectivity index (χ1n) is 8.51. The second-order valence-corrected chi connectivity index (χ2v) is 8.77. The number of nitrogens with zero attached hydrogens (tertiary/aromatic N) is 3. The van der Waals surface area contributed by atoms with Crippen LogP contribution in [0.4, 0.5) is 15.1 Å². The molecule has 152 valence electrons. The number of thioether (sulfide) groups is 1. The highest BCUT2D eigenvalue weighted by Gasteiger charge is 2.16. The molecule has 0 bridgehead atoms. The highest BCUT2D eigenvalue weighted by atomic mass is 32.2. The van der Waals surface area contributed by atoms with Crippen LogP contribution < -0.4 is 20.1 Å². The molecule has 3 aromatic rings. The largest absolute Gasteiger partial charge is 0.486 e. The van der Waals surface area contributed by atoms with Crippen LogP contribution in [0.5, 0.6) is 11.5 Å². The molecular weight excluding hydrogens is 438 g/mol. The van der Waals surface area contributed by atoms with Crippen LogP contribution in [-0.2, 0) is 9.53 Å². The summed E-state index contributed by atoms with van der Waals surface area (Å²) in [6.07, 6.45) is -0.591. The van der Waals surface area contributed by atoms with E-state index in [4.69, 9.17) is 14.2 Å². The van der Waals surface area contributed by atoms with E-state index in [9.17, 15) is 9.59 Å². The first-order chi connectivity index (χ1) is 14.1. The van der Waals surface area contributed by atoms with Crippen LogP contribution in [0.2, 0.25) is 0 Å². The van der Waals surface area contributed by atoms with Crippen LogP contribution in [0.3, 0.4) is 0 Å². The molecule has 3 heterocycles. The maximum absolute atomic E-state index is 12.2. The van der Waals surface area contributed by atoms with Crippen LogP contribution in [-0.4, -0.2) is 52.8 Å². The van der Waals surface area contributed by atoms with Gasteiger partial charge >= 0.3 is 6.09 Å². The Morgan fingerprint density at radius 1 is 1.14 bits per heavy atom. The zero-order valence-electron chi connectivity index (χ0n) is 15.1. The number of anilines is 2. The Kier molecular flexibility index (Phi) is 5.97. The number of carbonyl (C=O) groups is 2. The lowest BCUT2D eigenvalue weighted by atomic mass is 10.3. The third-order valence-corrected chi connectivity index (χ3v) is 6.42. The number of rotatable bonds is 6. The molecule has 0 spiro atoms. The predicted molar refractivity (Wildman–Crippen MR) is 111 cm³/mol. The van der Waals surface area contributed by atoms with E-state index in [0.717, 1.165) is 21.6 Å². The van der Waals surface area contributed by atoms with Gasteiger partial charge in [0, 0.05) is 12.1 Å². The molecule has 29 heavy (non-hydrogen) atoms. The van der Waals surface area contributed by atoms with Gasteiger partial charge in [-0.05, 0) is 6.92 Å². The van der Waals surface area contributed by atoms with Crippen molar-refractivity contribution in [1.82, 2.24) is 15.2 Å². The summed E-state index contributed by atoms with van der Waals surface area (Å²) in [6, 6.07) is 3.68. The highest BCUT2D eigenvalue weighted by Crippen LogP contribution is 2.38. The molecule has 13 heteroatoms. The minimum atomic E-state index is -0.591. The van der Waals surface area contributed by atoms with E-state index in [1.807, 2.05) is 12.1 Å². The molecule has 0 unspecified atom stereocenters. The fraction of sp³-hybridized carbons (Fsp3) is 0.312. The minimum Gasteiger partial charge on any atom is -0.486 e. The first-order valence-corrected chi connectivity index (χ1v) is 11.1. The Labute approximate surface area is 177 Å². The number of carbonyl (C=O) groups excluding carboxylic acids is 2. The summed E-state index contributed by atoms with van der Waals surface area (Å²) < 4.78 is 17.3. The van der Waals surface area contributed by atoms with Crippen molar-refractivity contribution in [2.45, 2.75) is 11.3 Å². The number of hydrogen-bond acceptors (Lipinski definition) is 11. The number of aromatic nitrogens is 3. The van der Waals surface area contributed by atoms with Crippen molar-refractivity contribution in [3.63, 3.8) is 0 Å². The molecule has 0 saturated carbocycles. The SMILES string of the molecule is CCOC(=O)Nc1nnc(SCC(=O)Nc2nc3cc4c(cc3s2)OCCO4)s1. The van der Waals surface area contributed by atoms with Crippen molar-refractivity contribution in [2.24, 2.45) is 0 Å². The summed E-state index contributed by atoms with van der Waals surface area (Å²) in [5.74, 6) is 1.25. The second-order valence-electron chi connectivity index (χ2n) is 5.54. The molecule has 1 aliphatic rings. The van der Waals surface area contributed by atoms with E-state index in [1.54, 1.807) is 6.92 Å². The average molecular weight is 454 g/mol. The van der Waals surface area contributed by atoms with Crippen molar-refractivity contribution in [1.29, 1.82) is 0 Å². The molecule has 0 radical (unpaired) electrons. The number of thiazole rings is 1. The van der Waals surface area contributed by atoms with E-state index in [1.165, 1.54) is 23.1 Å². The van der Waals surface area contributed by atoms with Gasteiger partial charge in [-0.2, -0.15) is 0 Å². The molecule has 0 fully saturated rings. The molecule has 1 aromatic carbocycles. The van der Waals surface area contributed by atoms with Gasteiger partial charge in [-0.3, -0.25) is 10.1 Å². The van der Waals surface area contributed by atoms with Crippen LogP contribution >= 0.6 is 34.4 Å². The number of benzene rings is 1. The van der Waals surface area contributed by atoms with E-state index in [0.29, 0.717) is 39.3 Å². The van der Waals surface area contributed by atoms with Gasteiger partial charge < -0.3 is 19.5 Å². The zero-order chi connectivity index (χ0) is 20.2. The molecule has 1 aliphatic heterocycles. The Hall–Kier alpha value is -2.64. The minimum absolute atomic E-state index is 0.132. The van der Waals surface area contributed by atoms with Crippen molar-refractivity contribution >= 4 is 66.9 Å². The van der Waals surface area contributed by atoms with Gasteiger partial charge in [-0.15, -0.1) is 10.2 Å². The van der Waals surface area contributed by atoms with E-state index >= 15 is 0 Å². The smallest absolute Gasteiger partial charge is 0.413 e. The van der Waals surface area contributed by atoms with Crippen molar-refractivity contribution in [2.75, 3.05) is 36.2 Å². The van der Waals surface area contributed by atoms with Gasteiger partial charge in [0.05, 0.1) is 22.6 Å². The fourth-order valence-electron chi connectivity index (χ4n) is 2.37. The molecule has 0 saturated heterocycles. The van der Waals surface area contributed by atoms with Crippen molar-refractivity contribution in [3.05, 3.63) is 12.1 Å². The first kappa shape index (κ1) is 19.7. The Bertz CT molecular complexity index is 1010. The molecule has 10 nitrogen and oxygen atoms in total. The summed E-state index contributed by atoms with van der Waals surface area (Å²) in [7, 11) is 0. The van der Waals surface area contributed by atoms with E-state index in [2.05, 4.69) is 25.8 Å². The van der Waals surface area contributed by atoms with Crippen LogP contribution in [0, 0.1) is 0 Å². The van der Waals surface area contributed by atoms with Gasteiger partial charge in [-0.25, -0.2) is 9.78 Å². The number of fused-ring (bicyclic) bond motifs is 2. The number of nitrogens with one attached hydrogen (secondary N) is 2. The number of hydrogen-bond donors (Lipinski definition) is 2. The Morgan fingerprint density at radius 3 is 2.72 bits per heavy atom. The summed E-state index contributed by atoms with van der Waals surface area (Å²) in [5.41, 5.74) is 0.737. The lowest BCUT2D eigenvalue weighted by Gasteiger charge is -2.17. The summed E-state index contributed by atoms with van der Waals surface area (Å²) in [5, 5.41) is 13.8. The third-order valence-electron chi connectivity index (χ3n) is 3.52. The molecule has 2 aromatic heterocycles. The molecule has 0 atom stereocenters. The maximum atomic E-state index is 12.2. The molecule has 0 aliphatic carbocycles. The van der Waals surface area contributed by atoms with Crippen molar-refractivity contribution in [3.8, 4) is 11.5 Å². The van der Waals surface area contributed by atoms with Crippen LogP contribution in [0.1, 0.15) is 6.92 Å². The predicted octanol–water partition coefficient (Wildman–Crippen LogP) is 3.22. The van der Waals surface area contributed by atoms with Crippen LogP contribution in [0.15, 0.2) is 16.5 Å². The average Bonchev–Trinajstić information content (AvgIpc) is 3.30. The fourth-order valence-corrected chi connectivity index (χ4v) is 4.80. The lowest BCUT2D eigenvalue weighted by Crippen LogP contribution is -2.15. The van der Waals surface area contributed by atoms with Crippen molar-refractivity contribution < 1.29 is 23.8 Å². The summed E-state index contributed by atoms with van der Waals surface area (Å²) >= 11 is 3.74. The summed E-state index contributed by atoms with van der Waals surface area (Å²) in [4.78, 5) is 28.0. The Balaban J connectivity index is 1.33. The number of amides is 2. The number of ether oxygens (including phenoxy) is 3. The summed E-state index contributed by atoms with van der Waals surface area (Å²) in [6.45, 7) is 2.99. The molecule has 2 amide bonds. The van der Waals surface area contributed by atoms with Gasteiger partial charge in [0.2, 0.25) is 11.0 Å². The molecule has 2 N–H and O–H groups in total. The Morgan fingerprint density at radius 2 is 1.93 bits per heavy atom. The zero-order valence-corrected chi connectivity index (χ0v) is 17.5. The lowest BCUT2D eigenvalue weighted by molar-refractivity contribution is -0.113. The monoisotopic (exact) mass is 453 g/mol.